The van der Waals surface area contributed by atoms with Crippen LogP contribution in [0.4, 0.5) is 0 Å². The van der Waals surface area contributed by atoms with Crippen LogP contribution in [0.1, 0.15) is 30.2 Å². The first kappa shape index (κ1) is 14.8. The average molecular weight is 335 g/mol. The molecule has 5 rings (SSSR count). The molecule has 0 bridgehead atoms. The summed E-state index contributed by atoms with van der Waals surface area (Å²) in [7, 11) is 0. The van der Waals surface area contributed by atoms with Crippen molar-refractivity contribution in [3.8, 4) is 11.5 Å². The van der Waals surface area contributed by atoms with Crippen molar-refractivity contribution in [2.75, 3.05) is 13.2 Å². The molecule has 1 unspecified atom stereocenters. The Morgan fingerprint density at radius 3 is 2.64 bits per heavy atom. The van der Waals surface area contributed by atoms with Crippen LogP contribution in [-0.4, -0.2) is 13.2 Å². The smallest absolute Gasteiger partial charge is 0.161 e. The summed E-state index contributed by atoms with van der Waals surface area (Å²) in [5, 5.41) is 4.85. The Kier molecular flexibility index (Phi) is 3.63. The first-order chi connectivity index (χ1) is 12.4. The van der Waals surface area contributed by atoms with Gasteiger partial charge >= 0.3 is 0 Å². The van der Waals surface area contributed by atoms with Gasteiger partial charge in [-0.15, -0.1) is 0 Å². The molecule has 4 nitrogen and oxygen atoms in total. The third-order valence-electron chi connectivity index (χ3n) is 4.99. The van der Waals surface area contributed by atoms with Crippen molar-refractivity contribution in [2.24, 2.45) is 5.92 Å². The molecule has 0 amide bonds. The molecule has 2 aromatic carbocycles. The van der Waals surface area contributed by atoms with Crippen molar-refractivity contribution in [1.82, 2.24) is 5.32 Å². The quantitative estimate of drug-likeness (QED) is 0.748. The summed E-state index contributed by atoms with van der Waals surface area (Å²) in [5.41, 5.74) is 2.21. The molecule has 25 heavy (non-hydrogen) atoms. The number of rotatable bonds is 5. The van der Waals surface area contributed by atoms with Crippen molar-refractivity contribution in [1.29, 1.82) is 0 Å². The fraction of sp³-hybridized carbons (Fsp3) is 0.333. The number of hydrogen-bond donors (Lipinski definition) is 1. The van der Waals surface area contributed by atoms with E-state index in [9.17, 15) is 0 Å². The fourth-order valence-electron chi connectivity index (χ4n) is 3.57. The van der Waals surface area contributed by atoms with E-state index in [4.69, 9.17) is 13.9 Å². The molecular weight excluding hydrogens is 314 g/mol. The number of furan rings is 1. The van der Waals surface area contributed by atoms with E-state index in [2.05, 4.69) is 29.6 Å². The topological polar surface area (TPSA) is 43.6 Å². The first-order valence-corrected chi connectivity index (χ1v) is 8.97. The molecule has 1 N–H and O–H groups in total. The van der Waals surface area contributed by atoms with Crippen molar-refractivity contribution >= 4 is 11.0 Å². The molecule has 0 spiro atoms. The number of hydrogen-bond acceptors (Lipinski definition) is 4. The molecule has 4 heteroatoms. The van der Waals surface area contributed by atoms with E-state index >= 15 is 0 Å². The van der Waals surface area contributed by atoms with Crippen LogP contribution in [-0.2, 0) is 6.54 Å². The monoisotopic (exact) mass is 335 g/mol. The van der Waals surface area contributed by atoms with Crippen LogP contribution >= 0.6 is 0 Å². The standard InChI is InChI=1S/C21H21NO3/c1-2-4-18-15(3-1)11-17(25-18)13-22-21(14-5-6-14)16-7-8-19-20(12-16)24-10-9-23-19/h1-4,7-8,11-12,14,21-22H,5-6,9-10,13H2. The molecule has 1 atom stereocenters. The van der Waals surface area contributed by atoms with Crippen molar-refractivity contribution in [2.45, 2.75) is 25.4 Å². The van der Waals surface area contributed by atoms with Gasteiger partial charge in [0.25, 0.3) is 0 Å². The highest BCUT2D eigenvalue weighted by atomic mass is 16.6. The van der Waals surface area contributed by atoms with Gasteiger partial charge in [-0.05, 0) is 48.6 Å². The molecule has 3 aromatic rings. The second-order valence-electron chi connectivity index (χ2n) is 6.85. The Morgan fingerprint density at radius 1 is 0.960 bits per heavy atom. The van der Waals surface area contributed by atoms with Crippen LogP contribution in [0, 0.1) is 5.92 Å². The third-order valence-corrected chi connectivity index (χ3v) is 4.99. The molecule has 128 valence electrons. The van der Waals surface area contributed by atoms with Gasteiger partial charge in [0.2, 0.25) is 0 Å². The molecule has 1 saturated carbocycles. The minimum atomic E-state index is 0.323. The maximum Gasteiger partial charge on any atom is 0.161 e. The molecule has 0 saturated heterocycles. The van der Waals surface area contributed by atoms with Crippen LogP contribution in [0.5, 0.6) is 11.5 Å². The number of nitrogens with one attached hydrogen (secondary N) is 1. The van der Waals surface area contributed by atoms with E-state index in [1.807, 2.05) is 24.3 Å². The Hall–Kier alpha value is -2.46. The Bertz CT molecular complexity index is 864. The number of fused-ring (bicyclic) bond motifs is 2. The summed E-state index contributed by atoms with van der Waals surface area (Å²) in [6.45, 7) is 1.98. The molecule has 0 radical (unpaired) electrons. The lowest BCUT2D eigenvalue weighted by atomic mass is 10.0. The zero-order valence-electron chi connectivity index (χ0n) is 14.0. The van der Waals surface area contributed by atoms with Gasteiger partial charge in [-0.25, -0.2) is 0 Å². The SMILES string of the molecule is c1ccc2oc(CNC(c3ccc4c(c3)OCCO4)C3CC3)cc2c1. The van der Waals surface area contributed by atoms with E-state index < -0.39 is 0 Å². The second-order valence-corrected chi connectivity index (χ2v) is 6.85. The lowest BCUT2D eigenvalue weighted by Crippen LogP contribution is -2.23. The number of benzene rings is 2. The van der Waals surface area contributed by atoms with Crippen LogP contribution in [0.3, 0.4) is 0 Å². The molecule has 2 heterocycles. The van der Waals surface area contributed by atoms with Crippen LogP contribution in [0.15, 0.2) is 52.9 Å². The normalized spacial score (nSPS) is 17.6. The van der Waals surface area contributed by atoms with E-state index in [0.29, 0.717) is 25.2 Å². The largest absolute Gasteiger partial charge is 0.486 e. The summed E-state index contributed by atoms with van der Waals surface area (Å²) >= 11 is 0. The first-order valence-electron chi connectivity index (χ1n) is 8.97. The molecule has 1 aromatic heterocycles. The van der Waals surface area contributed by atoms with E-state index in [1.54, 1.807) is 0 Å². The summed E-state index contributed by atoms with van der Waals surface area (Å²) < 4.78 is 17.3. The van der Waals surface area contributed by atoms with Crippen molar-refractivity contribution in [3.05, 3.63) is 59.9 Å². The predicted molar refractivity (Wildman–Crippen MR) is 96.0 cm³/mol. The second kappa shape index (κ2) is 6.12. The highest BCUT2D eigenvalue weighted by Crippen LogP contribution is 2.43. The Balaban J connectivity index is 1.36. The Labute approximate surface area is 146 Å². The average Bonchev–Trinajstić information content (AvgIpc) is 3.40. The van der Waals surface area contributed by atoms with Gasteiger partial charge in [-0.1, -0.05) is 24.3 Å². The Morgan fingerprint density at radius 2 is 1.80 bits per heavy atom. The minimum absolute atomic E-state index is 0.323. The van der Waals surface area contributed by atoms with Crippen LogP contribution in [0.2, 0.25) is 0 Å². The summed E-state index contributed by atoms with van der Waals surface area (Å²) in [4.78, 5) is 0. The minimum Gasteiger partial charge on any atom is -0.486 e. The molecule has 1 fully saturated rings. The number of para-hydroxylation sites is 1. The predicted octanol–water partition coefficient (Wildman–Crippen LogP) is 4.44. The molecule has 1 aliphatic heterocycles. The van der Waals surface area contributed by atoms with Gasteiger partial charge in [0, 0.05) is 11.4 Å². The van der Waals surface area contributed by atoms with Gasteiger partial charge in [0.15, 0.2) is 11.5 Å². The van der Waals surface area contributed by atoms with Gasteiger partial charge in [-0.3, -0.25) is 0 Å². The lowest BCUT2D eigenvalue weighted by Gasteiger charge is -2.22. The van der Waals surface area contributed by atoms with Gasteiger partial charge in [-0.2, -0.15) is 0 Å². The van der Waals surface area contributed by atoms with Crippen molar-refractivity contribution in [3.63, 3.8) is 0 Å². The lowest BCUT2D eigenvalue weighted by molar-refractivity contribution is 0.171. The third kappa shape index (κ3) is 2.98. The zero-order valence-corrected chi connectivity index (χ0v) is 14.0. The van der Waals surface area contributed by atoms with Gasteiger partial charge < -0.3 is 19.2 Å². The molecule has 1 aliphatic carbocycles. The van der Waals surface area contributed by atoms with Crippen LogP contribution < -0.4 is 14.8 Å². The molecule has 2 aliphatic rings. The summed E-state index contributed by atoms with van der Waals surface area (Å²) in [5.74, 6) is 3.37. The zero-order chi connectivity index (χ0) is 16.6. The van der Waals surface area contributed by atoms with E-state index in [-0.39, 0.29) is 0 Å². The summed E-state index contributed by atoms with van der Waals surface area (Å²) in [6.07, 6.45) is 2.54. The van der Waals surface area contributed by atoms with E-state index in [1.165, 1.54) is 18.4 Å². The highest BCUT2D eigenvalue weighted by Gasteiger charge is 2.33. The number of ether oxygens (including phenoxy) is 2. The molecular formula is C21H21NO3. The van der Waals surface area contributed by atoms with Gasteiger partial charge in [0.1, 0.15) is 24.6 Å². The van der Waals surface area contributed by atoms with Crippen LogP contribution in [0.25, 0.3) is 11.0 Å². The van der Waals surface area contributed by atoms with Crippen molar-refractivity contribution < 1.29 is 13.9 Å². The maximum absolute atomic E-state index is 5.94. The van der Waals surface area contributed by atoms with Gasteiger partial charge in [0.05, 0.1) is 6.54 Å². The highest BCUT2D eigenvalue weighted by molar-refractivity contribution is 5.77. The van der Waals surface area contributed by atoms with E-state index in [0.717, 1.165) is 34.8 Å². The fourth-order valence-corrected chi connectivity index (χ4v) is 3.57. The maximum atomic E-state index is 5.94. The summed E-state index contributed by atoms with van der Waals surface area (Å²) in [6, 6.07) is 16.9.